The van der Waals surface area contributed by atoms with Crippen molar-refractivity contribution in [2.45, 2.75) is 39.2 Å². The molecule has 0 amide bonds. The minimum absolute atomic E-state index is 0.0324. The van der Waals surface area contributed by atoms with Crippen LogP contribution in [0, 0.1) is 5.41 Å². The van der Waals surface area contributed by atoms with Crippen LogP contribution in [0.25, 0.3) is 11.3 Å². The number of piperidine rings is 1. The van der Waals surface area contributed by atoms with Gasteiger partial charge in [0.1, 0.15) is 5.84 Å². The summed E-state index contributed by atoms with van der Waals surface area (Å²) in [6, 6.07) is 7.66. The average Bonchev–Trinajstić information content (AvgIpc) is 3.30. The van der Waals surface area contributed by atoms with E-state index in [0.29, 0.717) is 38.3 Å². The Bertz CT molecular complexity index is 970. The second-order valence-electron chi connectivity index (χ2n) is 8.07. The van der Waals surface area contributed by atoms with Crippen LogP contribution in [0.3, 0.4) is 0 Å². The van der Waals surface area contributed by atoms with Crippen LogP contribution in [0.15, 0.2) is 29.6 Å². The number of nitrogen functional groups attached to an aromatic ring is 1. The molecule has 1 aliphatic heterocycles. The Morgan fingerprint density at radius 1 is 1.15 bits per heavy atom. The summed E-state index contributed by atoms with van der Waals surface area (Å²) in [6.07, 6.45) is 2.02. The molecule has 0 bridgehead atoms. The van der Waals surface area contributed by atoms with Crippen molar-refractivity contribution in [3.8, 4) is 11.3 Å². The Hall–Kier alpha value is -2.98. The second-order valence-corrected chi connectivity index (χ2v) is 8.90. The molecule has 0 unspecified atom stereocenters. The Kier molecular flexibility index (Phi) is 9.41. The number of esters is 2. The molecule has 1 fully saturated rings. The summed E-state index contributed by atoms with van der Waals surface area (Å²) < 4.78 is 10.2. The molecule has 184 valence electrons. The highest BCUT2D eigenvalue weighted by Gasteiger charge is 2.28. The van der Waals surface area contributed by atoms with Crippen LogP contribution < -0.4 is 10.6 Å². The van der Waals surface area contributed by atoms with E-state index in [2.05, 4.69) is 9.80 Å². The minimum Gasteiger partial charge on any atom is -0.466 e. The van der Waals surface area contributed by atoms with Crippen LogP contribution in [0.5, 0.6) is 0 Å². The molecule has 3 N–H and O–H groups in total. The van der Waals surface area contributed by atoms with Gasteiger partial charge in [-0.2, -0.15) is 0 Å². The molecule has 10 heteroatoms. The van der Waals surface area contributed by atoms with Crippen LogP contribution >= 0.6 is 11.3 Å². The molecule has 9 nitrogen and oxygen atoms in total. The van der Waals surface area contributed by atoms with E-state index in [1.165, 1.54) is 0 Å². The first-order valence-corrected chi connectivity index (χ1v) is 12.5. The molecule has 2 heterocycles. The number of ether oxygens (including phenoxy) is 2. The van der Waals surface area contributed by atoms with Crippen molar-refractivity contribution in [1.29, 1.82) is 5.41 Å². The lowest BCUT2D eigenvalue weighted by Crippen LogP contribution is -2.47. The molecular formula is C24H33N5O4S. The van der Waals surface area contributed by atoms with Gasteiger partial charge in [-0.1, -0.05) is 24.3 Å². The topological polar surface area (TPSA) is 122 Å². The third-order valence-electron chi connectivity index (χ3n) is 5.75. The van der Waals surface area contributed by atoms with Gasteiger partial charge in [0.15, 0.2) is 5.13 Å². The number of aromatic nitrogens is 1. The molecule has 2 aromatic rings. The number of nitrogens with one attached hydrogen (secondary N) is 1. The fraction of sp³-hybridized carbons (Fsp3) is 0.500. The van der Waals surface area contributed by atoms with Crippen molar-refractivity contribution >= 4 is 34.2 Å². The highest BCUT2D eigenvalue weighted by atomic mass is 32.1. The summed E-state index contributed by atoms with van der Waals surface area (Å²) in [7, 11) is 0. The number of benzene rings is 1. The standard InChI is InChI=1S/C24H33N5O4S/c1-3-32-21(30)11-14-29(19-9-12-28(13-10-19)15-22(31)33-4-2)24-27-20(16-34-24)17-5-7-18(8-6-17)23(25)26/h5-8,16,19H,3-4,9-15H2,1-2H3,(H3,25,26). The summed E-state index contributed by atoms with van der Waals surface area (Å²) >= 11 is 1.55. The van der Waals surface area contributed by atoms with E-state index in [0.717, 1.165) is 42.3 Å². The molecule has 0 aliphatic carbocycles. The summed E-state index contributed by atoms with van der Waals surface area (Å²) in [5.41, 5.74) is 8.02. The van der Waals surface area contributed by atoms with Gasteiger partial charge in [-0.3, -0.25) is 19.9 Å². The number of anilines is 1. The molecule has 34 heavy (non-hydrogen) atoms. The van der Waals surface area contributed by atoms with Crippen molar-refractivity contribution in [2.75, 3.05) is 44.3 Å². The summed E-state index contributed by atoms with van der Waals surface area (Å²) in [5.74, 6) is -0.380. The maximum atomic E-state index is 12.1. The lowest BCUT2D eigenvalue weighted by molar-refractivity contribution is -0.145. The van der Waals surface area contributed by atoms with Crippen molar-refractivity contribution in [2.24, 2.45) is 5.73 Å². The third kappa shape index (κ3) is 7.01. The SMILES string of the molecule is CCOC(=O)CCN(c1nc(-c2ccc(C(=N)N)cc2)cs1)C1CCN(CC(=O)OCC)CC1. The zero-order valence-corrected chi connectivity index (χ0v) is 20.6. The van der Waals surface area contributed by atoms with Crippen LogP contribution in [-0.4, -0.2) is 73.1 Å². The van der Waals surface area contributed by atoms with Gasteiger partial charge in [-0.15, -0.1) is 11.3 Å². The number of carbonyl (C=O) groups is 2. The summed E-state index contributed by atoms with van der Waals surface area (Å²) in [6.45, 7) is 6.77. The monoisotopic (exact) mass is 487 g/mol. The van der Waals surface area contributed by atoms with Crippen LogP contribution in [0.2, 0.25) is 0 Å². The predicted molar refractivity (Wildman–Crippen MR) is 133 cm³/mol. The van der Waals surface area contributed by atoms with Gasteiger partial charge in [-0.25, -0.2) is 4.98 Å². The van der Waals surface area contributed by atoms with Crippen LogP contribution in [0.1, 0.15) is 38.7 Å². The number of thiazole rings is 1. The Labute approximate surface area is 204 Å². The second kappa shape index (κ2) is 12.5. The van der Waals surface area contributed by atoms with Crippen molar-refractivity contribution in [1.82, 2.24) is 9.88 Å². The molecule has 0 saturated carbocycles. The first kappa shape index (κ1) is 25.6. The number of carbonyl (C=O) groups excluding carboxylic acids is 2. The van der Waals surface area contributed by atoms with Crippen LogP contribution in [0.4, 0.5) is 5.13 Å². The van der Waals surface area contributed by atoms with Crippen molar-refractivity contribution in [3.63, 3.8) is 0 Å². The molecule has 1 aromatic carbocycles. The predicted octanol–water partition coefficient (Wildman–Crippen LogP) is 2.88. The number of amidine groups is 1. The number of likely N-dealkylation sites (tertiary alicyclic amines) is 1. The summed E-state index contributed by atoms with van der Waals surface area (Å²) in [4.78, 5) is 33.1. The molecule has 3 rings (SSSR count). The lowest BCUT2D eigenvalue weighted by Gasteiger charge is -2.38. The smallest absolute Gasteiger partial charge is 0.320 e. The number of nitrogens with two attached hydrogens (primary N) is 1. The quantitative estimate of drug-likeness (QED) is 0.282. The summed E-state index contributed by atoms with van der Waals surface area (Å²) in [5, 5.41) is 10.4. The Morgan fingerprint density at radius 3 is 2.41 bits per heavy atom. The van der Waals surface area contributed by atoms with Gasteiger partial charge in [0.05, 0.1) is 31.9 Å². The van der Waals surface area contributed by atoms with Gasteiger partial charge < -0.3 is 20.1 Å². The molecule has 1 aliphatic rings. The highest BCUT2D eigenvalue weighted by molar-refractivity contribution is 7.14. The average molecular weight is 488 g/mol. The number of rotatable bonds is 11. The highest BCUT2D eigenvalue weighted by Crippen LogP contribution is 2.31. The van der Waals surface area contributed by atoms with E-state index in [9.17, 15) is 9.59 Å². The normalized spacial score (nSPS) is 14.5. The molecule has 0 spiro atoms. The molecule has 0 radical (unpaired) electrons. The number of hydrogen-bond donors (Lipinski definition) is 2. The van der Waals surface area contributed by atoms with Crippen LogP contribution in [-0.2, 0) is 19.1 Å². The van der Waals surface area contributed by atoms with Gasteiger partial charge >= 0.3 is 11.9 Å². The van der Waals surface area contributed by atoms with E-state index in [1.807, 2.05) is 36.6 Å². The van der Waals surface area contributed by atoms with Gasteiger partial charge in [0, 0.05) is 42.2 Å². The molecule has 1 aromatic heterocycles. The van der Waals surface area contributed by atoms with Gasteiger partial charge in [0.25, 0.3) is 0 Å². The molecule has 1 saturated heterocycles. The van der Waals surface area contributed by atoms with Gasteiger partial charge in [0.2, 0.25) is 0 Å². The minimum atomic E-state index is -0.219. The largest absolute Gasteiger partial charge is 0.466 e. The molecule has 0 atom stereocenters. The first-order valence-electron chi connectivity index (χ1n) is 11.6. The maximum Gasteiger partial charge on any atom is 0.320 e. The third-order valence-corrected chi connectivity index (χ3v) is 6.63. The Balaban J connectivity index is 1.71. The number of nitrogens with zero attached hydrogens (tertiary/aromatic N) is 3. The van der Waals surface area contributed by atoms with E-state index < -0.39 is 0 Å². The van der Waals surface area contributed by atoms with Gasteiger partial charge in [-0.05, 0) is 26.7 Å². The fourth-order valence-corrected chi connectivity index (χ4v) is 4.94. The Morgan fingerprint density at radius 2 is 1.79 bits per heavy atom. The first-order chi connectivity index (χ1) is 16.4. The maximum absolute atomic E-state index is 12.1. The fourth-order valence-electron chi connectivity index (χ4n) is 4.01. The van der Waals surface area contributed by atoms with Crippen molar-refractivity contribution < 1.29 is 19.1 Å². The molecular weight excluding hydrogens is 454 g/mol. The van der Waals surface area contributed by atoms with E-state index in [4.69, 9.17) is 25.6 Å². The zero-order valence-electron chi connectivity index (χ0n) is 19.8. The van der Waals surface area contributed by atoms with E-state index in [-0.39, 0.29) is 23.8 Å². The van der Waals surface area contributed by atoms with E-state index in [1.54, 1.807) is 18.3 Å². The number of hydrogen-bond acceptors (Lipinski definition) is 9. The lowest BCUT2D eigenvalue weighted by atomic mass is 10.0. The van der Waals surface area contributed by atoms with Crippen molar-refractivity contribution in [3.05, 3.63) is 35.2 Å². The van der Waals surface area contributed by atoms with E-state index >= 15 is 0 Å². The zero-order chi connectivity index (χ0) is 24.5.